The molecule has 1 unspecified atom stereocenters. The molecule has 6 nitrogen and oxygen atoms in total. The van der Waals surface area contributed by atoms with Crippen LogP contribution < -0.4 is 5.32 Å². The number of benzene rings is 1. The van der Waals surface area contributed by atoms with Crippen LogP contribution in [0.25, 0.3) is 5.69 Å². The Morgan fingerprint density at radius 3 is 2.95 bits per heavy atom. The molecule has 1 amide bonds. The fourth-order valence-corrected chi connectivity index (χ4v) is 2.70. The van der Waals surface area contributed by atoms with Crippen molar-refractivity contribution in [3.05, 3.63) is 42.0 Å². The molecule has 21 heavy (non-hydrogen) atoms. The first-order valence-electron chi connectivity index (χ1n) is 7.10. The average molecular weight is 285 g/mol. The zero-order valence-electron chi connectivity index (χ0n) is 12.3. The first-order chi connectivity index (χ1) is 10.2. The highest BCUT2D eigenvalue weighted by atomic mass is 16.2. The van der Waals surface area contributed by atoms with E-state index in [0.29, 0.717) is 0 Å². The van der Waals surface area contributed by atoms with E-state index in [1.54, 1.807) is 11.0 Å². The Hall–Kier alpha value is -2.21. The Balaban J connectivity index is 1.83. The first kappa shape index (κ1) is 13.8. The van der Waals surface area contributed by atoms with E-state index in [2.05, 4.69) is 15.4 Å². The Morgan fingerprint density at radius 2 is 2.33 bits per heavy atom. The summed E-state index contributed by atoms with van der Waals surface area (Å²) in [6.45, 7) is 3.80. The van der Waals surface area contributed by atoms with Crippen molar-refractivity contribution < 1.29 is 4.79 Å². The number of nitrogens with one attached hydrogen (secondary N) is 1. The molecular formula is C15H19N5O. The molecule has 0 aliphatic carbocycles. The van der Waals surface area contributed by atoms with E-state index in [1.165, 1.54) is 6.33 Å². The van der Waals surface area contributed by atoms with Crippen LogP contribution in [0.3, 0.4) is 0 Å². The third kappa shape index (κ3) is 2.67. The molecule has 2 aromatic rings. The van der Waals surface area contributed by atoms with Gasteiger partial charge < -0.3 is 10.2 Å². The second kappa shape index (κ2) is 5.65. The fraction of sp³-hybridized carbons (Fsp3) is 0.400. The molecule has 0 spiro atoms. The van der Waals surface area contributed by atoms with E-state index >= 15 is 0 Å². The van der Waals surface area contributed by atoms with Gasteiger partial charge in [0.1, 0.15) is 12.7 Å². The quantitative estimate of drug-likeness (QED) is 0.914. The Kier molecular flexibility index (Phi) is 3.70. The number of hydrogen-bond acceptors (Lipinski definition) is 4. The van der Waals surface area contributed by atoms with Crippen LogP contribution in [0.5, 0.6) is 0 Å². The molecule has 1 fully saturated rings. The summed E-state index contributed by atoms with van der Waals surface area (Å²) in [5.74, 6) is 0.0753. The molecule has 0 radical (unpaired) electrons. The fourth-order valence-electron chi connectivity index (χ4n) is 2.70. The van der Waals surface area contributed by atoms with Gasteiger partial charge >= 0.3 is 0 Å². The molecule has 1 saturated heterocycles. The SMILES string of the molecule is Cc1cc(-n2cncn2)ccc1C(=O)N(C)C1CCNC1. The minimum absolute atomic E-state index is 0.0753. The van der Waals surface area contributed by atoms with Gasteiger partial charge in [0.25, 0.3) is 5.91 Å². The van der Waals surface area contributed by atoms with E-state index in [9.17, 15) is 4.79 Å². The normalized spacial score (nSPS) is 17.9. The molecular weight excluding hydrogens is 266 g/mol. The number of carbonyl (C=O) groups excluding carboxylic acids is 1. The van der Waals surface area contributed by atoms with Gasteiger partial charge in [0, 0.05) is 25.2 Å². The summed E-state index contributed by atoms with van der Waals surface area (Å²) in [6.07, 6.45) is 4.15. The van der Waals surface area contributed by atoms with Crippen molar-refractivity contribution in [1.29, 1.82) is 0 Å². The second-order valence-electron chi connectivity index (χ2n) is 5.40. The van der Waals surface area contributed by atoms with Gasteiger partial charge in [-0.05, 0) is 43.7 Å². The minimum Gasteiger partial charge on any atom is -0.337 e. The lowest BCUT2D eigenvalue weighted by Crippen LogP contribution is -2.38. The molecule has 1 N–H and O–H groups in total. The van der Waals surface area contributed by atoms with Crippen molar-refractivity contribution in [1.82, 2.24) is 25.0 Å². The Morgan fingerprint density at radius 1 is 1.48 bits per heavy atom. The summed E-state index contributed by atoms with van der Waals surface area (Å²) in [4.78, 5) is 18.4. The lowest BCUT2D eigenvalue weighted by atomic mass is 10.1. The molecule has 0 saturated carbocycles. The summed E-state index contributed by atoms with van der Waals surface area (Å²) in [5.41, 5.74) is 2.60. The largest absolute Gasteiger partial charge is 0.337 e. The van der Waals surface area contributed by atoms with Crippen LogP contribution in [0, 0.1) is 6.92 Å². The van der Waals surface area contributed by atoms with Crippen LogP contribution >= 0.6 is 0 Å². The zero-order valence-corrected chi connectivity index (χ0v) is 12.3. The maximum absolute atomic E-state index is 12.6. The van der Waals surface area contributed by atoms with Gasteiger partial charge in [-0.2, -0.15) is 5.10 Å². The number of carbonyl (C=O) groups is 1. The first-order valence-corrected chi connectivity index (χ1v) is 7.10. The summed E-state index contributed by atoms with van der Waals surface area (Å²) >= 11 is 0. The molecule has 1 atom stereocenters. The zero-order chi connectivity index (χ0) is 14.8. The molecule has 0 bridgehead atoms. The Bertz CT molecular complexity index is 632. The smallest absolute Gasteiger partial charge is 0.254 e. The van der Waals surface area contributed by atoms with Gasteiger partial charge in [0.05, 0.1) is 5.69 Å². The van der Waals surface area contributed by atoms with Crippen molar-refractivity contribution in [3.8, 4) is 5.69 Å². The summed E-state index contributed by atoms with van der Waals surface area (Å²) < 4.78 is 1.69. The summed E-state index contributed by atoms with van der Waals surface area (Å²) in [6, 6.07) is 6.01. The maximum Gasteiger partial charge on any atom is 0.254 e. The highest BCUT2D eigenvalue weighted by Crippen LogP contribution is 2.17. The van der Waals surface area contributed by atoms with Crippen molar-refractivity contribution in [2.75, 3.05) is 20.1 Å². The van der Waals surface area contributed by atoms with Gasteiger partial charge in [-0.25, -0.2) is 9.67 Å². The van der Waals surface area contributed by atoms with Crippen molar-refractivity contribution in [3.63, 3.8) is 0 Å². The van der Waals surface area contributed by atoms with E-state index in [1.807, 2.05) is 37.1 Å². The number of hydrogen-bond donors (Lipinski definition) is 1. The Labute approximate surface area is 123 Å². The number of likely N-dealkylation sites (N-methyl/N-ethyl adjacent to an activating group) is 1. The average Bonchev–Trinajstić information content (AvgIpc) is 3.18. The van der Waals surface area contributed by atoms with E-state index < -0.39 is 0 Å². The summed E-state index contributed by atoms with van der Waals surface area (Å²) in [7, 11) is 1.88. The molecule has 1 aromatic heterocycles. The molecule has 1 aliphatic heterocycles. The van der Waals surface area contributed by atoms with Gasteiger partial charge in [-0.3, -0.25) is 4.79 Å². The van der Waals surface area contributed by atoms with E-state index in [-0.39, 0.29) is 11.9 Å². The highest BCUT2D eigenvalue weighted by Gasteiger charge is 2.24. The number of aromatic nitrogens is 3. The number of rotatable bonds is 3. The van der Waals surface area contributed by atoms with E-state index in [0.717, 1.165) is 36.3 Å². The van der Waals surface area contributed by atoms with Crippen LogP contribution in [0.1, 0.15) is 22.3 Å². The van der Waals surface area contributed by atoms with Crippen molar-refractivity contribution in [2.45, 2.75) is 19.4 Å². The van der Waals surface area contributed by atoms with Crippen LogP contribution in [0.15, 0.2) is 30.9 Å². The molecule has 3 rings (SSSR count). The van der Waals surface area contributed by atoms with Crippen LogP contribution in [0.4, 0.5) is 0 Å². The predicted molar refractivity (Wildman–Crippen MR) is 79.5 cm³/mol. The predicted octanol–water partition coefficient (Wildman–Crippen LogP) is 1.01. The minimum atomic E-state index is 0.0753. The third-order valence-corrected chi connectivity index (χ3v) is 4.03. The lowest BCUT2D eigenvalue weighted by Gasteiger charge is -2.24. The highest BCUT2D eigenvalue weighted by molar-refractivity contribution is 5.96. The molecule has 2 heterocycles. The van der Waals surface area contributed by atoms with Crippen LogP contribution in [-0.2, 0) is 0 Å². The van der Waals surface area contributed by atoms with Gasteiger partial charge in [0.2, 0.25) is 0 Å². The van der Waals surface area contributed by atoms with Crippen LogP contribution in [0.2, 0.25) is 0 Å². The standard InChI is InChI=1S/C15H19N5O/c1-11-7-12(20-10-17-9-18-20)3-4-14(11)15(21)19(2)13-5-6-16-8-13/h3-4,7,9-10,13,16H,5-6,8H2,1-2H3. The van der Waals surface area contributed by atoms with Gasteiger partial charge in [-0.1, -0.05) is 0 Å². The third-order valence-electron chi connectivity index (χ3n) is 4.03. The second-order valence-corrected chi connectivity index (χ2v) is 5.40. The number of nitrogens with zero attached hydrogens (tertiary/aromatic N) is 4. The molecule has 110 valence electrons. The summed E-state index contributed by atoms with van der Waals surface area (Å²) in [5, 5.41) is 7.39. The van der Waals surface area contributed by atoms with Gasteiger partial charge in [0.15, 0.2) is 0 Å². The van der Waals surface area contributed by atoms with E-state index in [4.69, 9.17) is 0 Å². The molecule has 1 aromatic carbocycles. The molecule has 1 aliphatic rings. The number of amides is 1. The topological polar surface area (TPSA) is 63.1 Å². The lowest BCUT2D eigenvalue weighted by molar-refractivity contribution is 0.0743. The molecule has 6 heteroatoms. The van der Waals surface area contributed by atoms with Gasteiger partial charge in [-0.15, -0.1) is 0 Å². The van der Waals surface area contributed by atoms with Crippen molar-refractivity contribution >= 4 is 5.91 Å². The number of aryl methyl sites for hydroxylation is 1. The monoisotopic (exact) mass is 285 g/mol. The maximum atomic E-state index is 12.6. The van der Waals surface area contributed by atoms with Crippen LogP contribution in [-0.4, -0.2) is 51.8 Å². The van der Waals surface area contributed by atoms with Crippen molar-refractivity contribution in [2.24, 2.45) is 0 Å².